The normalized spacial score (nSPS) is 43.2. The molecule has 1 aromatic carbocycles. The van der Waals surface area contributed by atoms with E-state index in [4.69, 9.17) is 4.74 Å². The Balaban J connectivity index is 0.00000106. The summed E-state index contributed by atoms with van der Waals surface area (Å²) in [5.41, 5.74) is 2.99. The molecule has 2 bridgehead atoms. The Morgan fingerprint density at radius 2 is 2.20 bits per heavy atom. The van der Waals surface area contributed by atoms with Crippen molar-refractivity contribution >= 4 is 12.4 Å². The van der Waals surface area contributed by atoms with Crippen LogP contribution in [0.5, 0.6) is 5.75 Å². The second-order valence-corrected chi connectivity index (χ2v) is 6.64. The monoisotopic (exact) mass is 293 g/mol. The van der Waals surface area contributed by atoms with Crippen LogP contribution in [0.25, 0.3) is 0 Å². The van der Waals surface area contributed by atoms with E-state index in [2.05, 4.69) is 23.5 Å². The maximum atomic E-state index is 10.4. The highest BCUT2D eigenvalue weighted by atomic mass is 35.5. The van der Waals surface area contributed by atoms with Crippen molar-refractivity contribution in [3.8, 4) is 5.75 Å². The van der Waals surface area contributed by atoms with Gasteiger partial charge in [0.1, 0.15) is 11.9 Å². The number of piperidine rings is 1. The molecule has 0 unspecified atom stereocenters. The first-order valence-electron chi connectivity index (χ1n) is 7.51. The first-order chi connectivity index (χ1) is 9.30. The third-order valence-electron chi connectivity index (χ3n) is 5.99. The molecule has 1 aromatic rings. The van der Waals surface area contributed by atoms with Crippen molar-refractivity contribution in [2.75, 3.05) is 6.54 Å². The Morgan fingerprint density at radius 1 is 1.30 bits per heavy atom. The quantitative estimate of drug-likeness (QED) is 0.766. The highest BCUT2D eigenvalue weighted by Gasteiger charge is 2.63. The van der Waals surface area contributed by atoms with Gasteiger partial charge >= 0.3 is 0 Å². The predicted molar refractivity (Wildman–Crippen MR) is 78.6 cm³/mol. The molecule has 2 aliphatic carbocycles. The van der Waals surface area contributed by atoms with Crippen LogP contribution >= 0.6 is 12.4 Å². The van der Waals surface area contributed by atoms with Gasteiger partial charge in [-0.3, -0.25) is 0 Å². The minimum atomic E-state index is -0.298. The SMILES string of the molecule is Cl.O[C@H]1CC[C@H]2[C@H]3Cc4cccc5c4[C@@]2(CCN3)[C@H]1O5. The first-order valence-corrected chi connectivity index (χ1v) is 7.51. The number of halogens is 1. The van der Waals surface area contributed by atoms with Gasteiger partial charge in [0.25, 0.3) is 0 Å². The third kappa shape index (κ3) is 1.29. The predicted octanol–water partition coefficient (Wildman–Crippen LogP) is 1.80. The fourth-order valence-electron chi connectivity index (χ4n) is 5.41. The molecule has 1 saturated carbocycles. The molecule has 3 nitrogen and oxygen atoms in total. The minimum absolute atomic E-state index is 0. The molecule has 0 aromatic heterocycles. The Labute approximate surface area is 125 Å². The molecule has 1 saturated heterocycles. The van der Waals surface area contributed by atoms with Crippen LogP contribution in [0, 0.1) is 5.92 Å². The largest absolute Gasteiger partial charge is 0.486 e. The van der Waals surface area contributed by atoms with Crippen LogP contribution in [-0.4, -0.2) is 29.9 Å². The average molecular weight is 294 g/mol. The number of hydrogen-bond acceptors (Lipinski definition) is 3. The molecule has 1 spiro atoms. The molecule has 4 aliphatic rings. The zero-order chi connectivity index (χ0) is 12.6. The summed E-state index contributed by atoms with van der Waals surface area (Å²) in [6.07, 6.45) is 3.95. The van der Waals surface area contributed by atoms with E-state index in [1.165, 1.54) is 11.1 Å². The number of aliphatic hydroxyl groups excluding tert-OH is 1. The van der Waals surface area contributed by atoms with Gasteiger partial charge in [0.2, 0.25) is 0 Å². The minimum Gasteiger partial charge on any atom is -0.486 e. The molecular weight excluding hydrogens is 274 g/mol. The average Bonchev–Trinajstić information content (AvgIpc) is 2.74. The number of hydrogen-bond donors (Lipinski definition) is 2. The smallest absolute Gasteiger partial charge is 0.135 e. The lowest BCUT2D eigenvalue weighted by atomic mass is 9.52. The van der Waals surface area contributed by atoms with Crippen molar-refractivity contribution in [2.24, 2.45) is 5.92 Å². The van der Waals surface area contributed by atoms with Crippen molar-refractivity contribution in [1.82, 2.24) is 5.32 Å². The van der Waals surface area contributed by atoms with E-state index >= 15 is 0 Å². The summed E-state index contributed by atoms with van der Waals surface area (Å²) in [7, 11) is 0. The molecular formula is C16H20ClNO2. The van der Waals surface area contributed by atoms with Gasteiger partial charge in [-0.25, -0.2) is 0 Å². The Hall–Kier alpha value is -0.770. The number of benzene rings is 1. The van der Waals surface area contributed by atoms with Crippen molar-refractivity contribution in [3.63, 3.8) is 0 Å². The second kappa shape index (κ2) is 4.12. The zero-order valence-electron chi connectivity index (χ0n) is 11.3. The van der Waals surface area contributed by atoms with Crippen LogP contribution in [0.2, 0.25) is 0 Å². The Morgan fingerprint density at radius 3 is 3.10 bits per heavy atom. The van der Waals surface area contributed by atoms with Crippen LogP contribution in [0.1, 0.15) is 30.4 Å². The summed E-state index contributed by atoms with van der Waals surface area (Å²) in [6, 6.07) is 7.03. The lowest BCUT2D eigenvalue weighted by Crippen LogP contribution is -2.66. The van der Waals surface area contributed by atoms with E-state index in [0.717, 1.165) is 38.0 Å². The van der Waals surface area contributed by atoms with Crippen LogP contribution in [-0.2, 0) is 11.8 Å². The molecule has 2 heterocycles. The van der Waals surface area contributed by atoms with E-state index in [1.54, 1.807) is 0 Å². The fraction of sp³-hybridized carbons (Fsp3) is 0.625. The summed E-state index contributed by atoms with van der Waals surface area (Å²) >= 11 is 0. The maximum absolute atomic E-state index is 10.4. The third-order valence-corrected chi connectivity index (χ3v) is 5.99. The van der Waals surface area contributed by atoms with E-state index in [1.807, 2.05) is 0 Å². The van der Waals surface area contributed by atoms with E-state index in [-0.39, 0.29) is 30.0 Å². The van der Waals surface area contributed by atoms with Gasteiger partial charge < -0.3 is 15.2 Å². The molecule has 0 amide bonds. The first kappa shape index (κ1) is 12.9. The summed E-state index contributed by atoms with van der Waals surface area (Å²) in [5, 5.41) is 14.2. The molecule has 4 heteroatoms. The van der Waals surface area contributed by atoms with Crippen LogP contribution in [0.3, 0.4) is 0 Å². The van der Waals surface area contributed by atoms with Crippen molar-refractivity contribution in [1.29, 1.82) is 0 Å². The molecule has 20 heavy (non-hydrogen) atoms. The van der Waals surface area contributed by atoms with Crippen LogP contribution in [0.4, 0.5) is 0 Å². The van der Waals surface area contributed by atoms with Gasteiger partial charge in [-0.1, -0.05) is 12.1 Å². The highest BCUT2D eigenvalue weighted by molar-refractivity contribution is 5.85. The fourth-order valence-corrected chi connectivity index (χ4v) is 5.41. The van der Waals surface area contributed by atoms with Crippen LogP contribution < -0.4 is 10.1 Å². The van der Waals surface area contributed by atoms with Gasteiger partial charge in [-0.05, 0) is 49.8 Å². The topological polar surface area (TPSA) is 41.5 Å². The van der Waals surface area contributed by atoms with Gasteiger partial charge in [-0.2, -0.15) is 0 Å². The summed E-state index contributed by atoms with van der Waals surface area (Å²) in [4.78, 5) is 0. The van der Waals surface area contributed by atoms with E-state index < -0.39 is 0 Å². The molecule has 5 rings (SSSR count). The van der Waals surface area contributed by atoms with E-state index in [9.17, 15) is 5.11 Å². The zero-order valence-corrected chi connectivity index (χ0v) is 12.2. The summed E-state index contributed by atoms with van der Waals surface area (Å²) < 4.78 is 6.21. The Bertz CT molecular complexity index is 563. The number of nitrogens with one attached hydrogen (secondary N) is 1. The van der Waals surface area contributed by atoms with Gasteiger partial charge in [-0.15, -0.1) is 12.4 Å². The standard InChI is InChI=1S/C16H19NO2.ClH/c18-12-5-4-10-11-8-9-2-1-3-13-14(9)16(10,6-7-17-11)15(12)19-13;/h1-3,10-12,15,17-18H,4-8H2;1H/t10-,11+,12-,15-,16-;/m0./s1. The van der Waals surface area contributed by atoms with Crippen molar-refractivity contribution < 1.29 is 9.84 Å². The number of aliphatic hydroxyl groups is 1. The van der Waals surface area contributed by atoms with Gasteiger partial charge in [0.05, 0.1) is 6.10 Å². The molecule has 0 radical (unpaired) electrons. The van der Waals surface area contributed by atoms with Gasteiger partial charge in [0.15, 0.2) is 0 Å². The molecule has 108 valence electrons. The lowest BCUT2D eigenvalue weighted by molar-refractivity contribution is -0.0758. The van der Waals surface area contributed by atoms with Crippen molar-refractivity contribution in [3.05, 3.63) is 29.3 Å². The molecule has 5 atom stereocenters. The number of rotatable bonds is 0. The van der Waals surface area contributed by atoms with Crippen LogP contribution in [0.15, 0.2) is 18.2 Å². The number of ether oxygens (including phenoxy) is 1. The molecule has 2 N–H and O–H groups in total. The summed E-state index contributed by atoms with van der Waals surface area (Å²) in [6.45, 7) is 1.06. The van der Waals surface area contributed by atoms with Gasteiger partial charge in [0, 0.05) is 17.0 Å². The molecule has 2 fully saturated rings. The van der Waals surface area contributed by atoms with E-state index in [0.29, 0.717) is 12.0 Å². The second-order valence-electron chi connectivity index (χ2n) is 6.64. The molecule has 2 aliphatic heterocycles. The lowest BCUT2D eigenvalue weighted by Gasteiger charge is -2.56. The van der Waals surface area contributed by atoms with Crippen molar-refractivity contribution in [2.45, 2.75) is 49.3 Å². The highest BCUT2D eigenvalue weighted by Crippen LogP contribution is 2.60. The summed E-state index contributed by atoms with van der Waals surface area (Å²) in [5.74, 6) is 1.69. The Kier molecular flexibility index (Phi) is 2.67. The maximum Gasteiger partial charge on any atom is 0.135 e.